The molecule has 3 N–H and O–H groups in total. The lowest BCUT2D eigenvalue weighted by molar-refractivity contribution is -0.121. The summed E-state index contributed by atoms with van der Waals surface area (Å²) in [5, 5.41) is 8.14. The Balaban J connectivity index is 2.32. The third kappa shape index (κ3) is 4.64. The number of imide groups is 1. The number of nitrogens with one attached hydrogen (secondary N) is 3. The smallest absolute Gasteiger partial charge is 0.321 e. The third-order valence-electron chi connectivity index (χ3n) is 3.59. The topological polar surface area (TPSA) is 70.2 Å². The first-order chi connectivity index (χ1) is 8.54. The minimum Gasteiger partial charge on any atom is -0.338 e. The first kappa shape index (κ1) is 15.0. The van der Waals surface area contributed by atoms with E-state index in [2.05, 4.69) is 22.9 Å². The molecule has 0 aliphatic heterocycles. The van der Waals surface area contributed by atoms with E-state index in [1.807, 2.05) is 6.92 Å². The molecule has 0 aromatic carbocycles. The number of carbonyl (C=O) groups is 2. The number of hydrogen-bond acceptors (Lipinski definition) is 3. The summed E-state index contributed by atoms with van der Waals surface area (Å²) in [5.74, 6) is 0.385. The van der Waals surface area contributed by atoms with E-state index in [1.54, 1.807) is 6.92 Å². The van der Waals surface area contributed by atoms with Crippen molar-refractivity contribution in [3.05, 3.63) is 0 Å². The summed E-state index contributed by atoms with van der Waals surface area (Å²) < 4.78 is 0. The number of hydrogen-bond donors (Lipinski definition) is 3. The molecule has 0 spiro atoms. The Morgan fingerprint density at radius 3 is 2.39 bits per heavy atom. The van der Waals surface area contributed by atoms with E-state index >= 15 is 0 Å². The molecule has 2 atom stereocenters. The number of urea groups is 1. The van der Waals surface area contributed by atoms with Crippen molar-refractivity contribution in [2.45, 2.75) is 58.5 Å². The molecule has 1 aliphatic rings. The van der Waals surface area contributed by atoms with Gasteiger partial charge in [-0.1, -0.05) is 12.8 Å². The van der Waals surface area contributed by atoms with Gasteiger partial charge in [-0.05, 0) is 39.5 Å². The van der Waals surface area contributed by atoms with Crippen LogP contribution in [-0.4, -0.2) is 30.6 Å². The van der Waals surface area contributed by atoms with Crippen LogP contribution in [0.4, 0.5) is 4.79 Å². The van der Waals surface area contributed by atoms with Crippen LogP contribution in [0.5, 0.6) is 0 Å². The van der Waals surface area contributed by atoms with Gasteiger partial charge in [0.2, 0.25) is 5.91 Å². The van der Waals surface area contributed by atoms with Gasteiger partial charge in [0.25, 0.3) is 0 Å². The van der Waals surface area contributed by atoms with Crippen molar-refractivity contribution in [3.63, 3.8) is 0 Å². The molecule has 1 unspecified atom stereocenters. The summed E-state index contributed by atoms with van der Waals surface area (Å²) >= 11 is 0. The zero-order valence-electron chi connectivity index (χ0n) is 11.6. The lowest BCUT2D eigenvalue weighted by Gasteiger charge is -2.24. The fraction of sp³-hybridized carbons (Fsp3) is 0.846. The average Bonchev–Trinajstić information content (AvgIpc) is 2.82. The van der Waals surface area contributed by atoms with Gasteiger partial charge in [-0.3, -0.25) is 10.1 Å². The summed E-state index contributed by atoms with van der Waals surface area (Å²) in [5.41, 5.74) is 0. The molecule has 0 aromatic heterocycles. The van der Waals surface area contributed by atoms with Crippen molar-refractivity contribution < 1.29 is 9.59 Å². The van der Waals surface area contributed by atoms with Crippen molar-refractivity contribution in [2.75, 3.05) is 6.54 Å². The van der Waals surface area contributed by atoms with Gasteiger partial charge in [0.1, 0.15) is 0 Å². The van der Waals surface area contributed by atoms with Crippen LogP contribution in [0.2, 0.25) is 0 Å². The van der Waals surface area contributed by atoms with Crippen LogP contribution in [0.15, 0.2) is 0 Å². The van der Waals surface area contributed by atoms with E-state index < -0.39 is 6.03 Å². The second kappa shape index (κ2) is 7.36. The van der Waals surface area contributed by atoms with Crippen LogP contribution in [0, 0.1) is 5.92 Å². The molecule has 0 radical (unpaired) electrons. The average molecular weight is 255 g/mol. The van der Waals surface area contributed by atoms with E-state index in [4.69, 9.17) is 0 Å². The van der Waals surface area contributed by atoms with Gasteiger partial charge in [-0.2, -0.15) is 0 Å². The van der Waals surface area contributed by atoms with Gasteiger partial charge >= 0.3 is 6.03 Å². The van der Waals surface area contributed by atoms with Crippen LogP contribution in [0.1, 0.15) is 46.5 Å². The summed E-state index contributed by atoms with van der Waals surface area (Å²) in [6.07, 6.45) is 5.05. The third-order valence-corrected chi connectivity index (χ3v) is 3.59. The molecule has 5 nitrogen and oxygen atoms in total. The fourth-order valence-corrected chi connectivity index (χ4v) is 2.49. The number of carbonyl (C=O) groups excluding carboxylic acids is 2. The molecule has 0 bridgehead atoms. The number of amides is 3. The van der Waals surface area contributed by atoms with E-state index in [-0.39, 0.29) is 11.9 Å². The summed E-state index contributed by atoms with van der Waals surface area (Å²) in [6.45, 7) is 6.24. The highest BCUT2D eigenvalue weighted by molar-refractivity contribution is 5.96. The van der Waals surface area contributed by atoms with E-state index in [1.165, 1.54) is 25.7 Å². The Kier molecular flexibility index (Phi) is 6.12. The highest BCUT2D eigenvalue weighted by Crippen LogP contribution is 2.27. The first-order valence-electron chi connectivity index (χ1n) is 6.89. The standard InChI is InChI=1S/C13H25N3O2/c1-4-14-13(18)16-12(17)10(3)15-9(2)11-7-5-6-8-11/h9-11,15H,4-8H2,1-3H3,(H2,14,16,17,18)/t9-,10?/m1/s1. The lowest BCUT2D eigenvalue weighted by atomic mass is 9.99. The highest BCUT2D eigenvalue weighted by atomic mass is 16.2. The van der Waals surface area contributed by atoms with Crippen LogP contribution >= 0.6 is 0 Å². The molecule has 1 saturated carbocycles. The maximum atomic E-state index is 11.7. The molecule has 18 heavy (non-hydrogen) atoms. The van der Waals surface area contributed by atoms with Crippen LogP contribution in [-0.2, 0) is 4.79 Å². The van der Waals surface area contributed by atoms with Gasteiger partial charge in [0.15, 0.2) is 0 Å². The summed E-state index contributed by atoms with van der Waals surface area (Å²) in [6, 6.07) is -0.449. The molecule has 0 saturated heterocycles. The molecular formula is C13H25N3O2. The van der Waals surface area contributed by atoms with E-state index in [0.717, 1.165) is 0 Å². The Labute approximate surface area is 109 Å². The Bertz CT molecular complexity index is 288. The van der Waals surface area contributed by atoms with Crippen LogP contribution < -0.4 is 16.0 Å². The predicted molar refractivity (Wildman–Crippen MR) is 71.2 cm³/mol. The molecule has 5 heteroatoms. The molecule has 0 aromatic rings. The second-order valence-corrected chi connectivity index (χ2v) is 5.07. The first-order valence-corrected chi connectivity index (χ1v) is 6.89. The van der Waals surface area contributed by atoms with Crippen molar-refractivity contribution in [2.24, 2.45) is 5.92 Å². The minimum absolute atomic E-state index is 0.272. The fourth-order valence-electron chi connectivity index (χ4n) is 2.49. The van der Waals surface area contributed by atoms with E-state index in [9.17, 15) is 9.59 Å². The van der Waals surface area contributed by atoms with Gasteiger partial charge in [-0.15, -0.1) is 0 Å². The normalized spacial score (nSPS) is 19.3. The molecule has 1 aliphatic carbocycles. The molecule has 3 amide bonds. The number of rotatable bonds is 5. The lowest BCUT2D eigenvalue weighted by Crippen LogP contribution is -2.51. The maximum Gasteiger partial charge on any atom is 0.321 e. The largest absolute Gasteiger partial charge is 0.338 e. The molecule has 1 rings (SSSR count). The predicted octanol–water partition coefficient (Wildman–Crippen LogP) is 1.39. The Morgan fingerprint density at radius 1 is 1.22 bits per heavy atom. The van der Waals surface area contributed by atoms with Gasteiger partial charge in [0.05, 0.1) is 6.04 Å². The van der Waals surface area contributed by atoms with Crippen LogP contribution in [0.25, 0.3) is 0 Å². The highest BCUT2D eigenvalue weighted by Gasteiger charge is 2.24. The zero-order valence-corrected chi connectivity index (χ0v) is 11.6. The maximum absolute atomic E-state index is 11.7. The van der Waals surface area contributed by atoms with Crippen molar-refractivity contribution >= 4 is 11.9 Å². The monoisotopic (exact) mass is 255 g/mol. The summed E-state index contributed by atoms with van der Waals surface area (Å²) in [7, 11) is 0. The van der Waals surface area contributed by atoms with E-state index in [0.29, 0.717) is 18.5 Å². The van der Waals surface area contributed by atoms with Gasteiger partial charge in [-0.25, -0.2) is 4.79 Å². The second-order valence-electron chi connectivity index (χ2n) is 5.07. The van der Waals surface area contributed by atoms with Crippen molar-refractivity contribution in [3.8, 4) is 0 Å². The summed E-state index contributed by atoms with van der Waals surface area (Å²) in [4.78, 5) is 23.0. The molecule has 104 valence electrons. The minimum atomic E-state index is -0.426. The van der Waals surface area contributed by atoms with Crippen LogP contribution in [0.3, 0.4) is 0 Å². The zero-order chi connectivity index (χ0) is 13.5. The molecular weight excluding hydrogens is 230 g/mol. The van der Waals surface area contributed by atoms with Gasteiger partial charge < -0.3 is 10.6 Å². The molecule has 1 fully saturated rings. The van der Waals surface area contributed by atoms with Crippen molar-refractivity contribution in [1.82, 2.24) is 16.0 Å². The van der Waals surface area contributed by atoms with Gasteiger partial charge in [0, 0.05) is 12.6 Å². The van der Waals surface area contributed by atoms with Crippen molar-refractivity contribution in [1.29, 1.82) is 0 Å². The Morgan fingerprint density at radius 2 is 1.83 bits per heavy atom. The quantitative estimate of drug-likeness (QED) is 0.695. The molecule has 0 heterocycles. The SMILES string of the molecule is CCNC(=O)NC(=O)C(C)N[C@H](C)C1CCCC1. The Hall–Kier alpha value is -1.10.